The highest BCUT2D eigenvalue weighted by Gasteiger charge is 2.14. The maximum absolute atomic E-state index is 5.52. The normalized spacial score (nSPS) is 11.2. The fraction of sp³-hybridized carbons (Fsp3) is 0.133. The van der Waals surface area contributed by atoms with Crippen LogP contribution in [0.4, 0.5) is 0 Å². The van der Waals surface area contributed by atoms with E-state index in [1.807, 2.05) is 41.3 Å². The molecule has 4 rings (SSSR count). The molecule has 0 N–H and O–H groups in total. The molecule has 0 unspecified atom stereocenters. The standard InChI is InChI=1S/C15H12N4O2S2/c1-19-13(11-4-2-6-20-11)17-18-15(19)23-9-10-8-21-14(16-10)12-5-3-7-22-12/h2-8H,9H2,1H3. The van der Waals surface area contributed by atoms with Crippen molar-refractivity contribution < 1.29 is 8.83 Å². The van der Waals surface area contributed by atoms with E-state index in [1.165, 1.54) is 0 Å². The zero-order chi connectivity index (χ0) is 15.6. The lowest BCUT2D eigenvalue weighted by Gasteiger charge is -2.00. The van der Waals surface area contributed by atoms with E-state index in [4.69, 9.17) is 8.83 Å². The average molecular weight is 344 g/mol. The Morgan fingerprint density at radius 3 is 2.96 bits per heavy atom. The second-order valence-corrected chi connectivity index (χ2v) is 6.64. The SMILES string of the molecule is Cn1c(SCc2coc(-c3cccs3)n2)nnc1-c1ccco1. The molecule has 4 aromatic rings. The Morgan fingerprint density at radius 2 is 2.17 bits per heavy atom. The maximum Gasteiger partial charge on any atom is 0.236 e. The molecule has 0 bridgehead atoms. The minimum atomic E-state index is 0.657. The zero-order valence-electron chi connectivity index (χ0n) is 12.2. The number of hydrogen-bond acceptors (Lipinski definition) is 7. The predicted octanol–water partition coefficient (Wildman–Crippen LogP) is 4.08. The van der Waals surface area contributed by atoms with E-state index in [1.54, 1.807) is 35.6 Å². The Labute approximate surface area is 140 Å². The van der Waals surface area contributed by atoms with Crippen LogP contribution < -0.4 is 0 Å². The number of furan rings is 1. The van der Waals surface area contributed by atoms with Gasteiger partial charge in [0.05, 0.1) is 16.8 Å². The molecule has 0 aromatic carbocycles. The third-order valence-corrected chi connectivity index (χ3v) is 5.12. The molecular formula is C15H12N4O2S2. The van der Waals surface area contributed by atoms with Gasteiger partial charge in [-0.2, -0.15) is 0 Å². The van der Waals surface area contributed by atoms with Crippen molar-refractivity contribution in [2.45, 2.75) is 10.9 Å². The molecule has 4 aromatic heterocycles. The number of thioether (sulfide) groups is 1. The Bertz CT molecular complexity index is 894. The first kappa shape index (κ1) is 14.3. The van der Waals surface area contributed by atoms with Crippen LogP contribution in [0, 0.1) is 0 Å². The molecule has 0 atom stereocenters. The summed E-state index contributed by atoms with van der Waals surface area (Å²) >= 11 is 3.17. The van der Waals surface area contributed by atoms with Crippen LogP contribution in [0.5, 0.6) is 0 Å². The van der Waals surface area contributed by atoms with Crippen molar-refractivity contribution in [3.8, 4) is 22.4 Å². The van der Waals surface area contributed by atoms with Crippen LogP contribution in [-0.2, 0) is 12.8 Å². The van der Waals surface area contributed by atoms with E-state index in [9.17, 15) is 0 Å². The molecule has 0 saturated carbocycles. The van der Waals surface area contributed by atoms with Crippen molar-refractivity contribution >= 4 is 23.1 Å². The fourth-order valence-electron chi connectivity index (χ4n) is 2.09. The van der Waals surface area contributed by atoms with Crippen LogP contribution in [0.25, 0.3) is 22.4 Å². The van der Waals surface area contributed by atoms with Gasteiger partial charge < -0.3 is 13.4 Å². The molecule has 4 heterocycles. The highest BCUT2D eigenvalue weighted by molar-refractivity contribution is 7.98. The van der Waals surface area contributed by atoms with E-state index in [0.717, 1.165) is 15.7 Å². The molecule has 8 heteroatoms. The van der Waals surface area contributed by atoms with Crippen LogP contribution >= 0.6 is 23.1 Å². The van der Waals surface area contributed by atoms with Gasteiger partial charge in [-0.3, -0.25) is 0 Å². The summed E-state index contributed by atoms with van der Waals surface area (Å²) in [5.74, 6) is 2.73. The van der Waals surface area contributed by atoms with Gasteiger partial charge in [0.15, 0.2) is 16.7 Å². The smallest absolute Gasteiger partial charge is 0.236 e. The Hall–Kier alpha value is -2.32. The summed E-state index contributed by atoms with van der Waals surface area (Å²) in [7, 11) is 1.92. The number of hydrogen-bond donors (Lipinski definition) is 0. The molecule has 0 aliphatic heterocycles. The van der Waals surface area contributed by atoms with E-state index in [2.05, 4.69) is 15.2 Å². The fourth-order valence-corrected chi connectivity index (χ4v) is 3.53. The minimum absolute atomic E-state index is 0.657. The molecule has 0 spiro atoms. The van der Waals surface area contributed by atoms with Crippen molar-refractivity contribution in [3.05, 3.63) is 47.9 Å². The quantitative estimate of drug-likeness (QED) is 0.508. The highest BCUT2D eigenvalue weighted by atomic mass is 32.2. The summed E-state index contributed by atoms with van der Waals surface area (Å²) in [6.07, 6.45) is 3.31. The van der Waals surface area contributed by atoms with Crippen molar-refractivity contribution in [2.24, 2.45) is 7.05 Å². The molecule has 6 nitrogen and oxygen atoms in total. The Balaban J connectivity index is 1.48. The highest BCUT2D eigenvalue weighted by Crippen LogP contribution is 2.28. The maximum atomic E-state index is 5.52. The summed E-state index contributed by atoms with van der Waals surface area (Å²) in [4.78, 5) is 5.53. The van der Waals surface area contributed by atoms with E-state index >= 15 is 0 Å². The molecule has 0 fully saturated rings. The molecule has 0 radical (unpaired) electrons. The molecule has 116 valence electrons. The van der Waals surface area contributed by atoms with Crippen molar-refractivity contribution in [1.29, 1.82) is 0 Å². The summed E-state index contributed by atoms with van der Waals surface area (Å²) in [6, 6.07) is 7.67. The van der Waals surface area contributed by atoms with Gasteiger partial charge in [-0.15, -0.1) is 21.5 Å². The predicted molar refractivity (Wildman–Crippen MR) is 88.1 cm³/mol. The van der Waals surface area contributed by atoms with E-state index < -0.39 is 0 Å². The lowest BCUT2D eigenvalue weighted by molar-refractivity contribution is 0.572. The Kier molecular flexibility index (Phi) is 3.76. The lowest BCUT2D eigenvalue weighted by atomic mass is 10.4. The number of oxazole rings is 1. The zero-order valence-corrected chi connectivity index (χ0v) is 13.8. The van der Waals surface area contributed by atoms with Crippen molar-refractivity contribution in [1.82, 2.24) is 19.7 Å². The summed E-state index contributed by atoms with van der Waals surface area (Å²) in [6.45, 7) is 0. The molecule has 0 amide bonds. The average Bonchev–Trinajstić information content (AvgIpc) is 3.33. The van der Waals surface area contributed by atoms with Crippen molar-refractivity contribution in [2.75, 3.05) is 0 Å². The first-order valence-electron chi connectivity index (χ1n) is 6.85. The molecule has 23 heavy (non-hydrogen) atoms. The van der Waals surface area contributed by atoms with Crippen LogP contribution in [0.3, 0.4) is 0 Å². The van der Waals surface area contributed by atoms with E-state index in [0.29, 0.717) is 23.2 Å². The van der Waals surface area contributed by atoms with Gasteiger partial charge in [0.2, 0.25) is 5.89 Å². The third-order valence-electron chi connectivity index (χ3n) is 3.21. The topological polar surface area (TPSA) is 69.9 Å². The Morgan fingerprint density at radius 1 is 1.22 bits per heavy atom. The first-order valence-corrected chi connectivity index (χ1v) is 8.72. The second kappa shape index (κ2) is 6.05. The molecule has 0 saturated heterocycles. The monoisotopic (exact) mass is 344 g/mol. The van der Waals surface area contributed by atoms with Crippen LogP contribution in [0.2, 0.25) is 0 Å². The van der Waals surface area contributed by atoms with E-state index in [-0.39, 0.29) is 0 Å². The lowest BCUT2D eigenvalue weighted by Crippen LogP contribution is -1.94. The van der Waals surface area contributed by atoms with Gasteiger partial charge in [0.1, 0.15) is 6.26 Å². The third kappa shape index (κ3) is 2.82. The van der Waals surface area contributed by atoms with Gasteiger partial charge in [0.25, 0.3) is 0 Å². The molecular weight excluding hydrogens is 332 g/mol. The largest absolute Gasteiger partial charge is 0.461 e. The van der Waals surface area contributed by atoms with Crippen LogP contribution in [-0.4, -0.2) is 19.7 Å². The van der Waals surface area contributed by atoms with Crippen molar-refractivity contribution in [3.63, 3.8) is 0 Å². The van der Waals surface area contributed by atoms with Gasteiger partial charge in [-0.05, 0) is 23.6 Å². The number of aromatic nitrogens is 4. The summed E-state index contributed by atoms with van der Waals surface area (Å²) in [5, 5.41) is 11.2. The summed E-state index contributed by atoms with van der Waals surface area (Å²) in [5.41, 5.74) is 0.876. The van der Waals surface area contributed by atoms with Gasteiger partial charge >= 0.3 is 0 Å². The first-order chi connectivity index (χ1) is 11.3. The van der Waals surface area contributed by atoms with Crippen LogP contribution in [0.1, 0.15) is 5.69 Å². The summed E-state index contributed by atoms with van der Waals surface area (Å²) < 4.78 is 12.8. The number of nitrogens with zero attached hydrogens (tertiary/aromatic N) is 4. The number of thiophene rings is 1. The van der Waals surface area contributed by atoms with Gasteiger partial charge in [-0.1, -0.05) is 17.8 Å². The molecule has 0 aliphatic carbocycles. The van der Waals surface area contributed by atoms with Gasteiger partial charge in [-0.25, -0.2) is 4.98 Å². The van der Waals surface area contributed by atoms with Crippen LogP contribution in [0.15, 0.2) is 56.2 Å². The minimum Gasteiger partial charge on any atom is -0.461 e. The number of rotatable bonds is 5. The second-order valence-electron chi connectivity index (χ2n) is 4.75. The molecule has 0 aliphatic rings. The van der Waals surface area contributed by atoms with Gasteiger partial charge in [0, 0.05) is 12.8 Å².